The summed E-state index contributed by atoms with van der Waals surface area (Å²) in [6.07, 6.45) is 7.99. The molecule has 1 fully saturated rings. The molecule has 18 heavy (non-hydrogen) atoms. The smallest absolute Gasteiger partial charge is 0.307 e. The van der Waals surface area contributed by atoms with Crippen LogP contribution in [-0.4, -0.2) is 48.2 Å². The predicted octanol–water partition coefficient (Wildman–Crippen LogP) is 1.11. The molecule has 1 saturated heterocycles. The van der Waals surface area contributed by atoms with Gasteiger partial charge in [0.1, 0.15) is 0 Å². The van der Waals surface area contributed by atoms with Crippen LogP contribution >= 0.6 is 0 Å². The molecular formula is C14H22N2O2. The van der Waals surface area contributed by atoms with Crippen molar-refractivity contribution in [1.29, 1.82) is 0 Å². The van der Waals surface area contributed by atoms with E-state index in [2.05, 4.69) is 28.9 Å². The zero-order chi connectivity index (χ0) is 13.0. The number of carboxylic acids is 1. The van der Waals surface area contributed by atoms with Gasteiger partial charge in [-0.15, -0.1) is 6.58 Å². The molecule has 0 radical (unpaired) electrons. The summed E-state index contributed by atoms with van der Waals surface area (Å²) in [6, 6.07) is 0.421. The van der Waals surface area contributed by atoms with Crippen LogP contribution in [0.3, 0.4) is 0 Å². The fourth-order valence-electron chi connectivity index (χ4n) is 3.02. The van der Waals surface area contributed by atoms with Crippen molar-refractivity contribution in [3.05, 3.63) is 24.8 Å². The van der Waals surface area contributed by atoms with E-state index >= 15 is 0 Å². The number of carboxylic acid groups (broad SMARTS) is 1. The van der Waals surface area contributed by atoms with Gasteiger partial charge in [0.25, 0.3) is 0 Å². The van der Waals surface area contributed by atoms with Gasteiger partial charge in [0.15, 0.2) is 0 Å². The van der Waals surface area contributed by atoms with E-state index in [1.54, 1.807) is 0 Å². The van der Waals surface area contributed by atoms with Crippen LogP contribution in [0.4, 0.5) is 0 Å². The molecule has 0 amide bonds. The van der Waals surface area contributed by atoms with E-state index in [0.717, 1.165) is 32.5 Å². The van der Waals surface area contributed by atoms with Gasteiger partial charge >= 0.3 is 5.97 Å². The third-order valence-electron chi connectivity index (χ3n) is 3.92. The maximum absolute atomic E-state index is 11.2. The molecule has 100 valence electrons. The van der Waals surface area contributed by atoms with E-state index in [0.29, 0.717) is 18.5 Å². The van der Waals surface area contributed by atoms with Gasteiger partial charge in [-0.25, -0.2) is 0 Å². The number of aliphatic carboxylic acids is 1. The Hall–Kier alpha value is -1.13. The van der Waals surface area contributed by atoms with Crippen LogP contribution in [0.25, 0.3) is 0 Å². The summed E-state index contributed by atoms with van der Waals surface area (Å²) in [5.41, 5.74) is 0. The Morgan fingerprint density at radius 2 is 2.33 bits per heavy atom. The Morgan fingerprint density at radius 1 is 1.50 bits per heavy atom. The molecule has 0 unspecified atom stereocenters. The van der Waals surface area contributed by atoms with Crippen LogP contribution in [0, 0.1) is 11.8 Å². The molecule has 4 nitrogen and oxygen atoms in total. The van der Waals surface area contributed by atoms with Crippen LogP contribution in [0.2, 0.25) is 0 Å². The van der Waals surface area contributed by atoms with Crippen LogP contribution < -0.4 is 5.32 Å². The molecule has 2 N–H and O–H groups in total. The zero-order valence-electron chi connectivity index (χ0n) is 10.7. The lowest BCUT2D eigenvalue weighted by molar-refractivity contribution is -0.144. The summed E-state index contributed by atoms with van der Waals surface area (Å²) in [5.74, 6) is -0.485. The Bertz CT molecular complexity index is 341. The third kappa shape index (κ3) is 3.21. The van der Waals surface area contributed by atoms with E-state index in [1.165, 1.54) is 0 Å². The van der Waals surface area contributed by atoms with E-state index in [4.69, 9.17) is 0 Å². The summed E-state index contributed by atoms with van der Waals surface area (Å²) in [4.78, 5) is 13.5. The first-order valence-electron chi connectivity index (χ1n) is 6.65. The summed E-state index contributed by atoms with van der Waals surface area (Å²) in [7, 11) is 0. The molecule has 4 heteroatoms. The summed E-state index contributed by atoms with van der Waals surface area (Å²) in [5, 5.41) is 12.7. The molecule has 2 rings (SSSR count). The lowest BCUT2D eigenvalue weighted by Gasteiger charge is -2.40. The molecule has 0 aliphatic carbocycles. The normalized spacial score (nSPS) is 33.2. The minimum atomic E-state index is -0.667. The van der Waals surface area contributed by atoms with Crippen molar-refractivity contribution in [2.45, 2.75) is 18.9 Å². The summed E-state index contributed by atoms with van der Waals surface area (Å²) in [6.45, 7) is 7.06. The average molecular weight is 250 g/mol. The molecule has 0 aromatic carbocycles. The topological polar surface area (TPSA) is 52.6 Å². The van der Waals surface area contributed by atoms with Gasteiger partial charge in [-0.05, 0) is 18.8 Å². The highest BCUT2D eigenvalue weighted by molar-refractivity contribution is 5.70. The van der Waals surface area contributed by atoms with Gasteiger partial charge in [0.05, 0.1) is 5.92 Å². The minimum absolute atomic E-state index is 0.239. The third-order valence-corrected chi connectivity index (χ3v) is 3.92. The number of nitrogens with one attached hydrogen (secondary N) is 1. The molecule has 0 aromatic heterocycles. The Labute approximate surface area is 108 Å². The van der Waals surface area contributed by atoms with Gasteiger partial charge in [-0.1, -0.05) is 18.2 Å². The first-order valence-corrected chi connectivity index (χ1v) is 6.65. The second kappa shape index (κ2) is 6.16. The Morgan fingerprint density at radius 3 is 2.94 bits per heavy atom. The van der Waals surface area contributed by atoms with Crippen LogP contribution in [0.15, 0.2) is 24.8 Å². The van der Waals surface area contributed by atoms with Gasteiger partial charge < -0.3 is 10.4 Å². The predicted molar refractivity (Wildman–Crippen MR) is 71.4 cm³/mol. The van der Waals surface area contributed by atoms with Crippen molar-refractivity contribution in [2.24, 2.45) is 11.8 Å². The van der Waals surface area contributed by atoms with Crippen molar-refractivity contribution in [3.63, 3.8) is 0 Å². The van der Waals surface area contributed by atoms with Crippen molar-refractivity contribution < 1.29 is 9.90 Å². The lowest BCUT2D eigenvalue weighted by atomic mass is 9.82. The van der Waals surface area contributed by atoms with Crippen LogP contribution in [-0.2, 0) is 4.79 Å². The SMILES string of the molecule is C=CCN1C[C@H](C(=O)O)C[C@H]([C@H]2CC=CCN2)C1. The van der Waals surface area contributed by atoms with E-state index < -0.39 is 5.97 Å². The first kappa shape index (κ1) is 13.3. The standard InChI is InChI=1S/C14H22N2O2/c1-2-7-16-9-11(8-12(10-16)14(17)18)13-5-3-4-6-15-13/h2-4,11-13,15H,1,5-10H2,(H,17,18)/t11-,12+,13+/m0/s1. The highest BCUT2D eigenvalue weighted by Gasteiger charge is 2.34. The van der Waals surface area contributed by atoms with Gasteiger partial charge in [-0.2, -0.15) is 0 Å². The van der Waals surface area contributed by atoms with Crippen molar-refractivity contribution in [2.75, 3.05) is 26.2 Å². The van der Waals surface area contributed by atoms with Gasteiger partial charge in [0.2, 0.25) is 0 Å². The molecular weight excluding hydrogens is 228 g/mol. The number of nitrogens with zero attached hydrogens (tertiary/aromatic N) is 1. The van der Waals surface area contributed by atoms with Crippen LogP contribution in [0.1, 0.15) is 12.8 Å². The Balaban J connectivity index is 2.01. The number of hydrogen-bond donors (Lipinski definition) is 2. The van der Waals surface area contributed by atoms with Crippen molar-refractivity contribution in [3.8, 4) is 0 Å². The first-order chi connectivity index (χ1) is 8.70. The Kier molecular flexibility index (Phi) is 4.55. The molecule has 2 aliphatic rings. The number of carbonyl (C=O) groups is 1. The minimum Gasteiger partial charge on any atom is -0.481 e. The highest BCUT2D eigenvalue weighted by Crippen LogP contribution is 2.27. The van der Waals surface area contributed by atoms with Gasteiger partial charge in [0, 0.05) is 32.2 Å². The highest BCUT2D eigenvalue weighted by atomic mass is 16.4. The maximum atomic E-state index is 11.2. The summed E-state index contributed by atoms with van der Waals surface area (Å²) >= 11 is 0. The van der Waals surface area contributed by atoms with E-state index in [-0.39, 0.29) is 5.92 Å². The molecule has 2 aliphatic heterocycles. The van der Waals surface area contributed by atoms with Crippen molar-refractivity contribution in [1.82, 2.24) is 10.2 Å². The second-order valence-electron chi connectivity index (χ2n) is 5.26. The lowest BCUT2D eigenvalue weighted by Crippen LogP contribution is -2.50. The fraction of sp³-hybridized carbons (Fsp3) is 0.643. The zero-order valence-corrected chi connectivity index (χ0v) is 10.7. The second-order valence-corrected chi connectivity index (χ2v) is 5.26. The molecule has 0 aromatic rings. The number of hydrogen-bond acceptors (Lipinski definition) is 3. The van der Waals surface area contributed by atoms with Gasteiger partial charge in [-0.3, -0.25) is 9.69 Å². The van der Waals surface area contributed by atoms with Crippen LogP contribution in [0.5, 0.6) is 0 Å². The van der Waals surface area contributed by atoms with E-state index in [1.807, 2.05) is 6.08 Å². The number of likely N-dealkylation sites (tertiary alicyclic amines) is 1. The molecule has 2 heterocycles. The fourth-order valence-corrected chi connectivity index (χ4v) is 3.02. The molecule has 0 bridgehead atoms. The largest absolute Gasteiger partial charge is 0.481 e. The molecule has 3 atom stereocenters. The maximum Gasteiger partial charge on any atom is 0.307 e. The number of piperidine rings is 1. The number of rotatable bonds is 4. The van der Waals surface area contributed by atoms with Crippen molar-refractivity contribution >= 4 is 5.97 Å². The quantitative estimate of drug-likeness (QED) is 0.734. The molecule has 0 saturated carbocycles. The van der Waals surface area contributed by atoms with E-state index in [9.17, 15) is 9.90 Å². The average Bonchev–Trinajstić information content (AvgIpc) is 2.40. The monoisotopic (exact) mass is 250 g/mol. The summed E-state index contributed by atoms with van der Waals surface area (Å²) < 4.78 is 0. The molecule has 0 spiro atoms.